The molecule has 0 unspecified atom stereocenters. The quantitative estimate of drug-likeness (QED) is 0.739. The van der Waals surface area contributed by atoms with Gasteiger partial charge >= 0.3 is 12.3 Å². The predicted octanol–water partition coefficient (Wildman–Crippen LogP) is 3.06. The Morgan fingerprint density at radius 3 is 2.62 bits per heavy atom. The summed E-state index contributed by atoms with van der Waals surface area (Å²) in [5, 5.41) is 16.8. The molecule has 1 aromatic carbocycles. The Kier molecular flexibility index (Phi) is 5.03. The molecule has 0 saturated heterocycles. The molecule has 0 saturated carbocycles. The Morgan fingerprint density at radius 2 is 2.00 bits per heavy atom. The average Bonchev–Trinajstić information content (AvgIpc) is 3.01. The van der Waals surface area contributed by atoms with Crippen molar-refractivity contribution in [2.45, 2.75) is 45.0 Å². The van der Waals surface area contributed by atoms with E-state index in [1.807, 2.05) is 0 Å². The lowest BCUT2D eigenvalue weighted by Gasteiger charge is -2.28. The first-order valence-corrected chi connectivity index (χ1v) is 8.64. The van der Waals surface area contributed by atoms with Crippen LogP contribution in [-0.2, 0) is 22.1 Å². The molecular weight excluding hydrogens is 393 g/mol. The van der Waals surface area contributed by atoms with Crippen molar-refractivity contribution < 1.29 is 32.7 Å². The van der Waals surface area contributed by atoms with Crippen LogP contribution in [0.5, 0.6) is 0 Å². The summed E-state index contributed by atoms with van der Waals surface area (Å²) >= 11 is 0. The van der Waals surface area contributed by atoms with Crippen LogP contribution in [-0.4, -0.2) is 38.6 Å². The van der Waals surface area contributed by atoms with Crippen LogP contribution in [0.15, 0.2) is 30.5 Å². The summed E-state index contributed by atoms with van der Waals surface area (Å²) in [4.78, 5) is 24.3. The first-order chi connectivity index (χ1) is 13.3. The highest BCUT2D eigenvalue weighted by molar-refractivity contribution is 5.98. The van der Waals surface area contributed by atoms with E-state index in [-0.39, 0.29) is 23.0 Å². The second-order valence-corrected chi connectivity index (χ2v) is 7.52. The van der Waals surface area contributed by atoms with Gasteiger partial charge in [-0.05, 0) is 39.0 Å². The number of fused-ring (bicyclic) bond motifs is 1. The normalized spacial score (nSPS) is 17.1. The molecule has 2 heterocycles. The SMILES string of the molecule is CC(C)(C)OC(=O)N[C@H]1Cc2cn(-c3cccc(C(F)(F)F)c3)nc2N(O)C1=O. The van der Waals surface area contributed by atoms with E-state index in [4.69, 9.17) is 4.74 Å². The van der Waals surface area contributed by atoms with Crippen LogP contribution in [0.3, 0.4) is 0 Å². The van der Waals surface area contributed by atoms with Gasteiger partial charge < -0.3 is 10.1 Å². The van der Waals surface area contributed by atoms with Crippen LogP contribution in [0.2, 0.25) is 0 Å². The zero-order valence-electron chi connectivity index (χ0n) is 15.8. The standard InChI is InChI=1S/C18H19F3N4O4/c1-17(2,3)29-16(27)22-13-7-10-9-24(23-14(10)25(28)15(13)26)12-6-4-5-11(8-12)18(19,20)21/h4-6,8-9,13,28H,7H2,1-3H3,(H,22,27)/t13-/m0/s1. The van der Waals surface area contributed by atoms with Crippen molar-refractivity contribution in [3.8, 4) is 5.69 Å². The largest absolute Gasteiger partial charge is 0.444 e. The van der Waals surface area contributed by atoms with Crippen molar-refractivity contribution in [2.75, 3.05) is 5.06 Å². The molecule has 0 fully saturated rings. The number of rotatable bonds is 2. The summed E-state index contributed by atoms with van der Waals surface area (Å²) in [6.07, 6.45) is -3.98. The molecule has 8 nitrogen and oxygen atoms in total. The molecule has 2 amide bonds. The number of carbonyl (C=O) groups excluding carboxylic acids is 2. The van der Waals surface area contributed by atoms with Gasteiger partial charge in [0, 0.05) is 18.2 Å². The van der Waals surface area contributed by atoms with Crippen LogP contribution >= 0.6 is 0 Å². The molecule has 2 aromatic rings. The maximum atomic E-state index is 12.9. The number of alkyl halides is 3. The zero-order valence-corrected chi connectivity index (χ0v) is 15.8. The highest BCUT2D eigenvalue weighted by Crippen LogP contribution is 2.31. The van der Waals surface area contributed by atoms with E-state index >= 15 is 0 Å². The van der Waals surface area contributed by atoms with Crippen molar-refractivity contribution in [3.63, 3.8) is 0 Å². The third kappa shape index (κ3) is 4.50. The summed E-state index contributed by atoms with van der Waals surface area (Å²) < 4.78 is 45.1. The third-order valence-electron chi connectivity index (χ3n) is 4.03. The van der Waals surface area contributed by atoms with Gasteiger partial charge in [0.1, 0.15) is 11.6 Å². The van der Waals surface area contributed by atoms with Gasteiger partial charge in [0.2, 0.25) is 0 Å². The number of alkyl carbamates (subject to hydrolysis) is 1. The predicted molar refractivity (Wildman–Crippen MR) is 94.7 cm³/mol. The molecule has 0 spiro atoms. The molecule has 156 valence electrons. The summed E-state index contributed by atoms with van der Waals surface area (Å²) in [6, 6.07) is 3.36. The average molecular weight is 412 g/mol. The summed E-state index contributed by atoms with van der Waals surface area (Å²) in [5.41, 5.74) is -1.16. The minimum atomic E-state index is -4.52. The lowest BCUT2D eigenvalue weighted by atomic mass is 10.0. The van der Waals surface area contributed by atoms with Gasteiger partial charge in [-0.25, -0.2) is 9.48 Å². The molecule has 0 bridgehead atoms. The number of nitrogens with one attached hydrogen (secondary N) is 1. The van der Waals surface area contributed by atoms with Gasteiger partial charge in [-0.3, -0.25) is 10.0 Å². The van der Waals surface area contributed by atoms with Crippen LogP contribution in [0.25, 0.3) is 5.69 Å². The summed E-state index contributed by atoms with van der Waals surface area (Å²) in [7, 11) is 0. The van der Waals surface area contributed by atoms with E-state index in [0.29, 0.717) is 5.56 Å². The topological polar surface area (TPSA) is 96.7 Å². The van der Waals surface area contributed by atoms with Gasteiger partial charge in [-0.15, -0.1) is 5.10 Å². The van der Waals surface area contributed by atoms with Gasteiger partial charge in [-0.1, -0.05) is 6.07 Å². The monoisotopic (exact) mass is 412 g/mol. The molecule has 29 heavy (non-hydrogen) atoms. The van der Waals surface area contributed by atoms with E-state index in [1.54, 1.807) is 20.8 Å². The Labute approximate surface area is 163 Å². The van der Waals surface area contributed by atoms with E-state index in [9.17, 15) is 28.0 Å². The van der Waals surface area contributed by atoms with Gasteiger partial charge in [0.25, 0.3) is 5.91 Å². The first kappa shape index (κ1) is 20.6. The number of anilines is 1. The molecule has 11 heteroatoms. The minimum Gasteiger partial charge on any atom is -0.444 e. The molecule has 1 aromatic heterocycles. The molecule has 0 radical (unpaired) electrons. The van der Waals surface area contributed by atoms with Crippen molar-refractivity contribution in [1.29, 1.82) is 0 Å². The van der Waals surface area contributed by atoms with Gasteiger partial charge in [0.05, 0.1) is 11.3 Å². The van der Waals surface area contributed by atoms with Crippen LogP contribution in [0.1, 0.15) is 31.9 Å². The maximum absolute atomic E-state index is 12.9. The van der Waals surface area contributed by atoms with Crippen molar-refractivity contribution >= 4 is 17.8 Å². The Morgan fingerprint density at radius 1 is 1.31 bits per heavy atom. The zero-order chi connectivity index (χ0) is 21.6. The van der Waals surface area contributed by atoms with E-state index in [1.165, 1.54) is 18.3 Å². The summed E-state index contributed by atoms with van der Waals surface area (Å²) in [6.45, 7) is 4.97. The van der Waals surface area contributed by atoms with Gasteiger partial charge in [0.15, 0.2) is 5.82 Å². The number of hydrogen-bond acceptors (Lipinski definition) is 5. The number of halogens is 3. The van der Waals surface area contributed by atoms with E-state index < -0.39 is 35.4 Å². The molecule has 1 aliphatic rings. The number of benzene rings is 1. The fourth-order valence-electron chi connectivity index (χ4n) is 2.80. The minimum absolute atomic E-state index is 0.0105. The fraction of sp³-hybridized carbons (Fsp3) is 0.389. The number of hydroxylamine groups is 1. The number of ether oxygens (including phenoxy) is 1. The lowest BCUT2D eigenvalue weighted by Crippen LogP contribution is -2.52. The van der Waals surface area contributed by atoms with Crippen molar-refractivity contribution in [1.82, 2.24) is 15.1 Å². The Hall–Kier alpha value is -3.08. The summed E-state index contributed by atoms with van der Waals surface area (Å²) in [5.74, 6) is -0.952. The van der Waals surface area contributed by atoms with Gasteiger partial charge in [-0.2, -0.15) is 18.2 Å². The van der Waals surface area contributed by atoms with E-state index in [0.717, 1.165) is 16.8 Å². The highest BCUT2D eigenvalue weighted by Gasteiger charge is 2.37. The lowest BCUT2D eigenvalue weighted by molar-refractivity contribution is -0.137. The number of nitrogens with zero attached hydrogens (tertiary/aromatic N) is 3. The smallest absolute Gasteiger partial charge is 0.416 e. The third-order valence-corrected chi connectivity index (χ3v) is 4.03. The molecule has 0 aliphatic carbocycles. The van der Waals surface area contributed by atoms with Crippen molar-refractivity contribution in [3.05, 3.63) is 41.6 Å². The molecule has 1 atom stereocenters. The Balaban J connectivity index is 1.86. The molecular formula is C18H19F3N4O4. The first-order valence-electron chi connectivity index (χ1n) is 8.64. The number of aromatic nitrogens is 2. The number of hydrogen-bond donors (Lipinski definition) is 2. The molecule has 1 aliphatic heterocycles. The van der Waals surface area contributed by atoms with E-state index in [2.05, 4.69) is 10.4 Å². The highest BCUT2D eigenvalue weighted by atomic mass is 19.4. The van der Waals surface area contributed by atoms with Crippen LogP contribution in [0, 0.1) is 0 Å². The fourth-order valence-corrected chi connectivity index (χ4v) is 2.80. The maximum Gasteiger partial charge on any atom is 0.416 e. The second-order valence-electron chi connectivity index (χ2n) is 7.52. The van der Waals surface area contributed by atoms with Crippen molar-refractivity contribution in [2.24, 2.45) is 0 Å². The van der Waals surface area contributed by atoms with Crippen LogP contribution in [0.4, 0.5) is 23.8 Å². The number of amides is 2. The molecule has 2 N–H and O–H groups in total. The molecule has 3 rings (SSSR count). The number of carbonyl (C=O) groups is 2. The second kappa shape index (κ2) is 7.07. The Bertz CT molecular complexity index is 949. The van der Waals surface area contributed by atoms with Crippen LogP contribution < -0.4 is 10.4 Å².